The highest BCUT2D eigenvalue weighted by atomic mass is 79.9. The average Bonchev–Trinajstić information content (AvgIpc) is 2.37. The largest absolute Gasteiger partial charge is 0.416 e. The van der Waals surface area contributed by atoms with Gasteiger partial charge in [-0.15, -0.1) is 0 Å². The maximum absolute atomic E-state index is 12.9. The summed E-state index contributed by atoms with van der Waals surface area (Å²) in [6.07, 6.45) is -4.33. The quantitative estimate of drug-likeness (QED) is 0.787. The summed E-state index contributed by atoms with van der Waals surface area (Å²) in [5.41, 5.74) is 1.48. The van der Waals surface area contributed by atoms with E-state index in [-0.39, 0.29) is 12.1 Å². The number of rotatable bonds is 3. The fraction of sp³-hybridized carbons (Fsp3) is 0.200. The lowest BCUT2D eigenvalue weighted by Gasteiger charge is -2.14. The van der Waals surface area contributed by atoms with Gasteiger partial charge in [-0.05, 0) is 52.2 Å². The van der Waals surface area contributed by atoms with E-state index in [1.165, 1.54) is 12.1 Å². The SMILES string of the molecule is Cc1ccc(NCc2ccccc2C(F)(F)F)c(Br)c1. The Labute approximate surface area is 123 Å². The fourth-order valence-corrected chi connectivity index (χ4v) is 2.54. The van der Waals surface area contributed by atoms with Crippen LogP contribution < -0.4 is 5.32 Å². The van der Waals surface area contributed by atoms with Crippen molar-refractivity contribution in [3.05, 3.63) is 63.6 Å². The van der Waals surface area contributed by atoms with Gasteiger partial charge in [0.2, 0.25) is 0 Å². The number of halogens is 4. The summed E-state index contributed by atoms with van der Waals surface area (Å²) in [6, 6.07) is 11.3. The molecule has 0 bridgehead atoms. The zero-order valence-corrected chi connectivity index (χ0v) is 12.3. The van der Waals surface area contributed by atoms with E-state index < -0.39 is 11.7 Å². The van der Waals surface area contributed by atoms with Gasteiger partial charge in [-0.25, -0.2) is 0 Å². The monoisotopic (exact) mass is 343 g/mol. The molecule has 0 radical (unpaired) electrons. The molecule has 20 heavy (non-hydrogen) atoms. The first kappa shape index (κ1) is 14.9. The van der Waals surface area contributed by atoms with Crippen LogP contribution in [0.4, 0.5) is 18.9 Å². The van der Waals surface area contributed by atoms with Crippen LogP contribution in [0.5, 0.6) is 0 Å². The number of aryl methyl sites for hydroxylation is 1. The molecular formula is C15H13BrF3N. The molecule has 5 heteroatoms. The van der Waals surface area contributed by atoms with Gasteiger partial charge in [-0.3, -0.25) is 0 Å². The van der Waals surface area contributed by atoms with Crippen molar-refractivity contribution in [3.8, 4) is 0 Å². The second-order valence-corrected chi connectivity index (χ2v) is 5.35. The zero-order valence-electron chi connectivity index (χ0n) is 10.8. The molecule has 0 aliphatic heterocycles. The Bertz CT molecular complexity index is 608. The standard InChI is InChI=1S/C15H13BrF3N/c1-10-6-7-14(13(16)8-10)20-9-11-4-2-3-5-12(11)15(17,18)19/h2-8,20H,9H2,1H3. The predicted octanol–water partition coefficient (Wildman–Crippen LogP) is 5.39. The number of nitrogens with one attached hydrogen (secondary N) is 1. The van der Waals surface area contributed by atoms with Crippen molar-refractivity contribution in [1.29, 1.82) is 0 Å². The Kier molecular flexibility index (Phi) is 4.38. The van der Waals surface area contributed by atoms with E-state index >= 15 is 0 Å². The molecule has 0 aliphatic rings. The lowest BCUT2D eigenvalue weighted by Crippen LogP contribution is -2.11. The van der Waals surface area contributed by atoms with Crippen molar-refractivity contribution in [2.24, 2.45) is 0 Å². The highest BCUT2D eigenvalue weighted by molar-refractivity contribution is 9.10. The van der Waals surface area contributed by atoms with Crippen molar-refractivity contribution in [2.75, 3.05) is 5.32 Å². The van der Waals surface area contributed by atoms with E-state index in [2.05, 4.69) is 21.2 Å². The molecule has 0 spiro atoms. The molecule has 0 saturated carbocycles. The minimum absolute atomic E-state index is 0.122. The summed E-state index contributed by atoms with van der Waals surface area (Å²) < 4.78 is 39.4. The van der Waals surface area contributed by atoms with E-state index in [9.17, 15) is 13.2 Å². The van der Waals surface area contributed by atoms with Gasteiger partial charge in [0.25, 0.3) is 0 Å². The van der Waals surface area contributed by atoms with E-state index in [0.717, 1.165) is 21.8 Å². The normalized spacial score (nSPS) is 11.4. The molecular weight excluding hydrogens is 331 g/mol. The van der Waals surface area contributed by atoms with Gasteiger partial charge in [0.05, 0.1) is 5.56 Å². The Morgan fingerprint density at radius 2 is 1.80 bits per heavy atom. The summed E-state index contributed by atoms with van der Waals surface area (Å²) in [5, 5.41) is 3.02. The van der Waals surface area contributed by atoms with Gasteiger partial charge in [0, 0.05) is 16.7 Å². The van der Waals surface area contributed by atoms with Crippen molar-refractivity contribution >= 4 is 21.6 Å². The third kappa shape index (κ3) is 3.54. The number of hydrogen-bond donors (Lipinski definition) is 1. The first-order chi connectivity index (χ1) is 9.38. The smallest absolute Gasteiger partial charge is 0.380 e. The molecule has 0 fully saturated rings. The summed E-state index contributed by atoms with van der Waals surface area (Å²) in [5.74, 6) is 0. The minimum Gasteiger partial charge on any atom is -0.380 e. The van der Waals surface area contributed by atoms with Crippen molar-refractivity contribution in [1.82, 2.24) is 0 Å². The van der Waals surface area contributed by atoms with Gasteiger partial charge < -0.3 is 5.32 Å². The maximum Gasteiger partial charge on any atom is 0.416 e. The van der Waals surface area contributed by atoms with E-state index in [1.807, 2.05) is 25.1 Å². The van der Waals surface area contributed by atoms with Crippen LogP contribution in [0.25, 0.3) is 0 Å². The molecule has 0 unspecified atom stereocenters. The number of anilines is 1. The molecule has 2 aromatic rings. The van der Waals surface area contributed by atoms with Crippen LogP contribution in [-0.2, 0) is 12.7 Å². The van der Waals surface area contributed by atoms with E-state index in [4.69, 9.17) is 0 Å². The van der Waals surface area contributed by atoms with E-state index in [0.29, 0.717) is 0 Å². The zero-order chi connectivity index (χ0) is 14.8. The van der Waals surface area contributed by atoms with Gasteiger partial charge >= 0.3 is 6.18 Å². The third-order valence-corrected chi connectivity index (χ3v) is 3.57. The van der Waals surface area contributed by atoms with Crippen LogP contribution in [0.1, 0.15) is 16.7 Å². The molecule has 106 valence electrons. The maximum atomic E-state index is 12.9. The van der Waals surface area contributed by atoms with Crippen molar-refractivity contribution in [2.45, 2.75) is 19.6 Å². The van der Waals surface area contributed by atoms with Crippen LogP contribution >= 0.6 is 15.9 Å². The van der Waals surface area contributed by atoms with Crippen molar-refractivity contribution < 1.29 is 13.2 Å². The van der Waals surface area contributed by atoms with Crippen LogP contribution in [0, 0.1) is 6.92 Å². The molecule has 2 aromatic carbocycles. The second-order valence-electron chi connectivity index (χ2n) is 4.49. The second kappa shape index (κ2) is 5.87. The third-order valence-electron chi connectivity index (χ3n) is 2.92. The molecule has 0 amide bonds. The lowest BCUT2D eigenvalue weighted by atomic mass is 10.1. The molecule has 0 aliphatic carbocycles. The van der Waals surface area contributed by atoms with Crippen LogP contribution in [-0.4, -0.2) is 0 Å². The Balaban J connectivity index is 2.19. The molecule has 0 atom stereocenters. The number of benzene rings is 2. The molecule has 2 rings (SSSR count). The van der Waals surface area contributed by atoms with Crippen LogP contribution in [0.15, 0.2) is 46.9 Å². The summed E-state index contributed by atoms with van der Waals surface area (Å²) in [6.45, 7) is 2.07. The van der Waals surface area contributed by atoms with Gasteiger partial charge in [-0.2, -0.15) is 13.2 Å². The van der Waals surface area contributed by atoms with Crippen LogP contribution in [0.2, 0.25) is 0 Å². The van der Waals surface area contributed by atoms with Gasteiger partial charge in [0.15, 0.2) is 0 Å². The number of alkyl halides is 3. The Hall–Kier alpha value is -1.49. The van der Waals surface area contributed by atoms with Crippen LogP contribution in [0.3, 0.4) is 0 Å². The van der Waals surface area contributed by atoms with Gasteiger partial charge in [-0.1, -0.05) is 24.3 Å². The molecule has 1 N–H and O–H groups in total. The summed E-state index contributed by atoms with van der Waals surface area (Å²) in [7, 11) is 0. The highest BCUT2D eigenvalue weighted by Gasteiger charge is 2.32. The van der Waals surface area contributed by atoms with Crippen molar-refractivity contribution in [3.63, 3.8) is 0 Å². The average molecular weight is 344 g/mol. The molecule has 1 nitrogen and oxygen atoms in total. The van der Waals surface area contributed by atoms with E-state index in [1.54, 1.807) is 6.07 Å². The fourth-order valence-electron chi connectivity index (χ4n) is 1.90. The lowest BCUT2D eigenvalue weighted by molar-refractivity contribution is -0.138. The first-order valence-electron chi connectivity index (χ1n) is 6.03. The Morgan fingerprint density at radius 3 is 2.45 bits per heavy atom. The Morgan fingerprint density at radius 1 is 1.10 bits per heavy atom. The molecule has 0 heterocycles. The summed E-state index contributed by atoms with van der Waals surface area (Å²) >= 11 is 3.39. The first-order valence-corrected chi connectivity index (χ1v) is 6.82. The summed E-state index contributed by atoms with van der Waals surface area (Å²) in [4.78, 5) is 0. The number of hydrogen-bond acceptors (Lipinski definition) is 1. The predicted molar refractivity (Wildman–Crippen MR) is 77.6 cm³/mol. The highest BCUT2D eigenvalue weighted by Crippen LogP contribution is 2.32. The van der Waals surface area contributed by atoms with Gasteiger partial charge in [0.1, 0.15) is 0 Å². The molecule has 0 saturated heterocycles. The molecule has 0 aromatic heterocycles. The topological polar surface area (TPSA) is 12.0 Å². The minimum atomic E-state index is -4.33.